The number of nitrogens with one attached hydrogen (secondary N) is 2. The average Bonchev–Trinajstić information content (AvgIpc) is 2.45. The first kappa shape index (κ1) is 16.9. The molecule has 2 rings (SSSR count). The first-order chi connectivity index (χ1) is 9.25. The van der Waals surface area contributed by atoms with Crippen molar-refractivity contribution in [3.8, 4) is 0 Å². The SMILES string of the molecule is Cl.O=C(CCC1CCNCC1)NCc1ccccc1F. The average molecular weight is 301 g/mol. The van der Waals surface area contributed by atoms with E-state index in [4.69, 9.17) is 0 Å². The predicted molar refractivity (Wildman–Crippen MR) is 80.3 cm³/mol. The summed E-state index contributed by atoms with van der Waals surface area (Å²) in [5, 5.41) is 6.10. The molecule has 20 heavy (non-hydrogen) atoms. The summed E-state index contributed by atoms with van der Waals surface area (Å²) in [5.41, 5.74) is 0.540. The number of rotatable bonds is 5. The molecule has 0 unspecified atom stereocenters. The van der Waals surface area contributed by atoms with Crippen LogP contribution >= 0.6 is 12.4 Å². The number of halogens is 2. The zero-order valence-corrected chi connectivity index (χ0v) is 12.3. The van der Waals surface area contributed by atoms with E-state index < -0.39 is 0 Å². The second-order valence-corrected chi connectivity index (χ2v) is 5.10. The summed E-state index contributed by atoms with van der Waals surface area (Å²) < 4.78 is 13.4. The quantitative estimate of drug-likeness (QED) is 0.878. The Labute approximate surface area is 125 Å². The van der Waals surface area contributed by atoms with E-state index in [-0.39, 0.29) is 30.7 Å². The van der Waals surface area contributed by atoms with E-state index in [1.165, 1.54) is 6.07 Å². The van der Waals surface area contributed by atoms with Crippen molar-refractivity contribution in [3.63, 3.8) is 0 Å². The van der Waals surface area contributed by atoms with Gasteiger partial charge in [-0.2, -0.15) is 0 Å². The lowest BCUT2D eigenvalue weighted by molar-refractivity contribution is -0.121. The second kappa shape index (κ2) is 8.93. The summed E-state index contributed by atoms with van der Waals surface area (Å²) in [4.78, 5) is 11.7. The fourth-order valence-electron chi connectivity index (χ4n) is 2.43. The first-order valence-electron chi connectivity index (χ1n) is 6.96. The van der Waals surface area contributed by atoms with E-state index in [1.807, 2.05) is 0 Å². The van der Waals surface area contributed by atoms with Crippen molar-refractivity contribution in [2.24, 2.45) is 5.92 Å². The van der Waals surface area contributed by atoms with Gasteiger partial charge in [-0.1, -0.05) is 18.2 Å². The van der Waals surface area contributed by atoms with Gasteiger partial charge in [0.1, 0.15) is 5.82 Å². The maximum Gasteiger partial charge on any atom is 0.220 e. The van der Waals surface area contributed by atoms with Gasteiger partial charge in [-0.05, 0) is 44.3 Å². The number of hydrogen-bond acceptors (Lipinski definition) is 2. The summed E-state index contributed by atoms with van der Waals surface area (Å²) in [6.45, 7) is 2.39. The third-order valence-electron chi connectivity index (χ3n) is 3.67. The van der Waals surface area contributed by atoms with Gasteiger partial charge in [0.2, 0.25) is 5.91 Å². The Hall–Kier alpha value is -1.13. The Morgan fingerprint density at radius 1 is 1.30 bits per heavy atom. The Morgan fingerprint density at radius 2 is 2.00 bits per heavy atom. The van der Waals surface area contributed by atoms with Crippen molar-refractivity contribution >= 4 is 18.3 Å². The molecule has 0 radical (unpaired) electrons. The van der Waals surface area contributed by atoms with E-state index in [9.17, 15) is 9.18 Å². The molecule has 1 fully saturated rings. The molecule has 1 saturated heterocycles. The smallest absolute Gasteiger partial charge is 0.220 e. The third-order valence-corrected chi connectivity index (χ3v) is 3.67. The van der Waals surface area contributed by atoms with Crippen molar-refractivity contribution in [3.05, 3.63) is 35.6 Å². The van der Waals surface area contributed by atoms with Crippen LogP contribution in [0.25, 0.3) is 0 Å². The van der Waals surface area contributed by atoms with Crippen LogP contribution in [0.5, 0.6) is 0 Å². The second-order valence-electron chi connectivity index (χ2n) is 5.10. The van der Waals surface area contributed by atoms with Gasteiger partial charge >= 0.3 is 0 Å². The van der Waals surface area contributed by atoms with Crippen LogP contribution in [0.4, 0.5) is 4.39 Å². The molecule has 1 aliphatic heterocycles. The summed E-state index contributed by atoms with van der Waals surface area (Å²) in [5.74, 6) is 0.406. The maximum absolute atomic E-state index is 13.4. The van der Waals surface area contributed by atoms with Crippen LogP contribution in [0.2, 0.25) is 0 Å². The molecule has 1 aliphatic rings. The van der Waals surface area contributed by atoms with Gasteiger partial charge < -0.3 is 10.6 Å². The molecule has 1 amide bonds. The number of piperidine rings is 1. The summed E-state index contributed by atoms with van der Waals surface area (Å²) in [7, 11) is 0. The monoisotopic (exact) mass is 300 g/mol. The Kier molecular flexibility index (Phi) is 7.55. The van der Waals surface area contributed by atoms with Gasteiger partial charge in [0, 0.05) is 18.5 Å². The van der Waals surface area contributed by atoms with Gasteiger partial charge in [0.15, 0.2) is 0 Å². The lowest BCUT2D eigenvalue weighted by Gasteiger charge is -2.22. The zero-order chi connectivity index (χ0) is 13.5. The highest BCUT2D eigenvalue weighted by atomic mass is 35.5. The van der Waals surface area contributed by atoms with E-state index in [0.717, 1.165) is 32.4 Å². The third kappa shape index (κ3) is 5.47. The molecule has 0 aromatic heterocycles. The van der Waals surface area contributed by atoms with Crippen LogP contribution < -0.4 is 10.6 Å². The van der Waals surface area contributed by atoms with Crippen molar-refractivity contribution in [1.82, 2.24) is 10.6 Å². The summed E-state index contributed by atoms with van der Waals surface area (Å²) in [6, 6.07) is 6.54. The van der Waals surface area contributed by atoms with Gasteiger partial charge in [-0.25, -0.2) is 4.39 Å². The van der Waals surface area contributed by atoms with Crippen LogP contribution in [-0.2, 0) is 11.3 Å². The highest BCUT2D eigenvalue weighted by Crippen LogP contribution is 2.17. The topological polar surface area (TPSA) is 41.1 Å². The molecule has 5 heteroatoms. The molecule has 1 aromatic rings. The molecule has 0 aliphatic carbocycles. The molecular weight excluding hydrogens is 279 g/mol. The van der Waals surface area contributed by atoms with E-state index in [2.05, 4.69) is 10.6 Å². The Morgan fingerprint density at radius 3 is 2.70 bits per heavy atom. The molecule has 0 atom stereocenters. The standard InChI is InChI=1S/C15H21FN2O.ClH/c16-14-4-2-1-3-13(14)11-18-15(19)6-5-12-7-9-17-10-8-12;/h1-4,12,17H,5-11H2,(H,18,19);1H. The Bertz CT molecular complexity index is 422. The van der Waals surface area contributed by atoms with E-state index in [0.29, 0.717) is 17.9 Å². The van der Waals surface area contributed by atoms with Crippen LogP contribution in [0, 0.1) is 11.7 Å². The molecule has 1 aromatic carbocycles. The number of benzene rings is 1. The van der Waals surface area contributed by atoms with Crippen molar-refractivity contribution in [1.29, 1.82) is 0 Å². The summed E-state index contributed by atoms with van der Waals surface area (Å²) >= 11 is 0. The largest absolute Gasteiger partial charge is 0.352 e. The summed E-state index contributed by atoms with van der Waals surface area (Å²) in [6.07, 6.45) is 3.78. The zero-order valence-electron chi connectivity index (χ0n) is 11.5. The van der Waals surface area contributed by atoms with E-state index >= 15 is 0 Å². The van der Waals surface area contributed by atoms with Crippen molar-refractivity contribution in [2.45, 2.75) is 32.2 Å². The minimum absolute atomic E-state index is 0. The molecule has 2 N–H and O–H groups in total. The molecular formula is C15H22ClFN2O. The minimum Gasteiger partial charge on any atom is -0.352 e. The van der Waals surface area contributed by atoms with Crippen molar-refractivity contribution < 1.29 is 9.18 Å². The van der Waals surface area contributed by atoms with Crippen molar-refractivity contribution in [2.75, 3.05) is 13.1 Å². The van der Waals surface area contributed by atoms with Crippen LogP contribution in [0.1, 0.15) is 31.2 Å². The molecule has 0 spiro atoms. The number of amides is 1. The number of hydrogen-bond donors (Lipinski definition) is 2. The maximum atomic E-state index is 13.4. The highest BCUT2D eigenvalue weighted by Gasteiger charge is 2.14. The van der Waals surface area contributed by atoms with Gasteiger partial charge in [-0.15, -0.1) is 12.4 Å². The lowest BCUT2D eigenvalue weighted by Crippen LogP contribution is -2.29. The number of carbonyl (C=O) groups excluding carboxylic acids is 1. The molecule has 0 saturated carbocycles. The lowest BCUT2D eigenvalue weighted by atomic mass is 9.93. The van der Waals surface area contributed by atoms with Crippen LogP contribution in [0.15, 0.2) is 24.3 Å². The van der Waals surface area contributed by atoms with Gasteiger partial charge in [-0.3, -0.25) is 4.79 Å². The predicted octanol–water partition coefficient (Wildman–Crippen LogP) is 2.64. The van der Waals surface area contributed by atoms with Gasteiger partial charge in [0.25, 0.3) is 0 Å². The van der Waals surface area contributed by atoms with E-state index in [1.54, 1.807) is 18.2 Å². The molecule has 1 heterocycles. The first-order valence-corrected chi connectivity index (χ1v) is 6.96. The fraction of sp³-hybridized carbons (Fsp3) is 0.533. The minimum atomic E-state index is -0.263. The van der Waals surface area contributed by atoms with Crippen LogP contribution in [-0.4, -0.2) is 19.0 Å². The number of carbonyl (C=O) groups is 1. The van der Waals surface area contributed by atoms with Crippen LogP contribution in [0.3, 0.4) is 0 Å². The molecule has 3 nitrogen and oxygen atoms in total. The molecule has 112 valence electrons. The normalized spacial score (nSPS) is 15.4. The highest BCUT2D eigenvalue weighted by molar-refractivity contribution is 5.85. The fourth-order valence-corrected chi connectivity index (χ4v) is 2.43. The van der Waals surface area contributed by atoms with Gasteiger partial charge in [0.05, 0.1) is 0 Å². The molecule has 0 bridgehead atoms. The Balaban J connectivity index is 0.00000200.